The number of hydrogen-bond acceptors (Lipinski definition) is 6. The summed E-state index contributed by atoms with van der Waals surface area (Å²) in [6, 6.07) is 0. The lowest BCUT2D eigenvalue weighted by molar-refractivity contribution is -0.148. The first-order valence-corrected chi connectivity index (χ1v) is 11.6. The summed E-state index contributed by atoms with van der Waals surface area (Å²) < 4.78 is 10.8. The van der Waals surface area contributed by atoms with Crippen LogP contribution >= 0.6 is 0 Å². The Labute approximate surface area is 181 Å². The second-order valence-electron chi connectivity index (χ2n) is 8.30. The minimum absolute atomic E-state index is 0.0594. The Hall–Kier alpha value is -1.92. The Morgan fingerprint density at radius 1 is 1.20 bits per heavy atom. The molecule has 7 nitrogen and oxygen atoms in total. The average Bonchev–Trinajstić information content (AvgIpc) is 3.17. The van der Waals surface area contributed by atoms with Gasteiger partial charge in [0.2, 0.25) is 11.8 Å². The van der Waals surface area contributed by atoms with Crippen LogP contribution < -0.4 is 0 Å². The van der Waals surface area contributed by atoms with Crippen molar-refractivity contribution in [1.29, 1.82) is 0 Å². The van der Waals surface area contributed by atoms with Crippen molar-refractivity contribution in [2.24, 2.45) is 5.92 Å². The fraction of sp³-hybridized carbons (Fsp3) is 0.826. The molecule has 0 saturated heterocycles. The number of ether oxygens (including phenoxy) is 1. The Morgan fingerprint density at radius 2 is 1.87 bits per heavy atom. The number of carbonyl (C=O) groups is 2. The van der Waals surface area contributed by atoms with E-state index < -0.39 is 0 Å². The summed E-state index contributed by atoms with van der Waals surface area (Å²) in [6.07, 6.45) is 9.83. The van der Waals surface area contributed by atoms with Crippen LogP contribution in [0.5, 0.6) is 0 Å². The molecule has 1 fully saturated rings. The number of aromatic nitrogens is 2. The van der Waals surface area contributed by atoms with Gasteiger partial charge in [-0.05, 0) is 26.2 Å². The van der Waals surface area contributed by atoms with Gasteiger partial charge in [-0.25, -0.2) is 0 Å². The normalized spacial score (nSPS) is 15.3. The molecular weight excluding hydrogens is 382 g/mol. The van der Waals surface area contributed by atoms with Crippen molar-refractivity contribution in [2.75, 3.05) is 7.05 Å². The molecule has 1 aromatic rings. The molecule has 0 aliphatic heterocycles. The van der Waals surface area contributed by atoms with Crippen molar-refractivity contribution in [1.82, 2.24) is 15.0 Å². The highest BCUT2D eigenvalue weighted by atomic mass is 16.5. The van der Waals surface area contributed by atoms with Crippen molar-refractivity contribution in [2.45, 2.75) is 111 Å². The lowest BCUT2D eigenvalue weighted by Gasteiger charge is -2.22. The third kappa shape index (κ3) is 9.72. The van der Waals surface area contributed by atoms with Crippen LogP contribution in [-0.2, 0) is 20.9 Å². The molecule has 0 bridgehead atoms. The maximum atomic E-state index is 12.2. The Bertz CT molecular complexity index is 624. The van der Waals surface area contributed by atoms with Crippen molar-refractivity contribution < 1.29 is 18.8 Å². The zero-order chi connectivity index (χ0) is 22.5. The Morgan fingerprint density at radius 3 is 2.47 bits per heavy atom. The summed E-state index contributed by atoms with van der Waals surface area (Å²) in [7, 11) is 1.69. The monoisotopic (exact) mass is 423 g/mol. The second kappa shape index (κ2) is 14.1. The van der Waals surface area contributed by atoms with Crippen molar-refractivity contribution in [3.05, 3.63) is 11.7 Å². The average molecular weight is 424 g/mol. The van der Waals surface area contributed by atoms with Gasteiger partial charge in [-0.15, -0.1) is 0 Å². The predicted molar refractivity (Wildman–Crippen MR) is 117 cm³/mol. The standard InChI is InChI=1S/C21H35N3O4.C2H6/c1-15(2)27-20(26)13-18(12-8-11-17-9-6-5-7-10-17)21-22-19(23-28-21)14-24(4)16(3)25;1-2/h15,17-18H,5-14H2,1-4H3;1-2H3/t18-;/m1./s1. The first kappa shape index (κ1) is 26.1. The van der Waals surface area contributed by atoms with Crippen LogP contribution in [0.15, 0.2) is 4.52 Å². The topological polar surface area (TPSA) is 85.5 Å². The first-order valence-electron chi connectivity index (χ1n) is 11.6. The quantitative estimate of drug-likeness (QED) is 0.478. The van der Waals surface area contributed by atoms with Crippen LogP contribution in [0.25, 0.3) is 0 Å². The molecule has 0 spiro atoms. The smallest absolute Gasteiger partial charge is 0.306 e. The fourth-order valence-corrected chi connectivity index (χ4v) is 3.77. The van der Waals surface area contributed by atoms with E-state index in [2.05, 4.69) is 10.1 Å². The van der Waals surface area contributed by atoms with E-state index >= 15 is 0 Å². The van der Waals surface area contributed by atoms with Gasteiger partial charge in [-0.3, -0.25) is 9.59 Å². The molecular formula is C23H41N3O4. The summed E-state index contributed by atoms with van der Waals surface area (Å²) in [5, 5.41) is 3.99. The van der Waals surface area contributed by atoms with Crippen LogP contribution in [0.2, 0.25) is 0 Å². The number of carbonyl (C=O) groups excluding carboxylic acids is 2. The van der Waals surface area contributed by atoms with E-state index in [1.807, 2.05) is 27.7 Å². The van der Waals surface area contributed by atoms with Crippen molar-refractivity contribution in [3.63, 3.8) is 0 Å². The zero-order valence-corrected chi connectivity index (χ0v) is 19.8. The Kier molecular flexibility index (Phi) is 12.3. The maximum Gasteiger partial charge on any atom is 0.306 e. The van der Waals surface area contributed by atoms with E-state index in [-0.39, 0.29) is 30.3 Å². The van der Waals surface area contributed by atoms with Gasteiger partial charge in [0, 0.05) is 19.9 Å². The lowest BCUT2D eigenvalue weighted by atomic mass is 9.84. The number of rotatable bonds is 10. The van der Waals surface area contributed by atoms with Gasteiger partial charge in [0.15, 0.2) is 5.82 Å². The van der Waals surface area contributed by atoms with Gasteiger partial charge in [0.05, 0.1) is 19.1 Å². The van der Waals surface area contributed by atoms with Gasteiger partial charge in [-0.1, -0.05) is 63.9 Å². The highest BCUT2D eigenvalue weighted by Crippen LogP contribution is 2.31. The molecule has 1 saturated carbocycles. The molecule has 7 heteroatoms. The minimum atomic E-state index is -0.238. The highest BCUT2D eigenvalue weighted by Gasteiger charge is 2.25. The molecule has 0 radical (unpaired) electrons. The van der Waals surface area contributed by atoms with Crippen LogP contribution in [-0.4, -0.2) is 40.1 Å². The highest BCUT2D eigenvalue weighted by molar-refractivity contribution is 5.72. The molecule has 1 aliphatic rings. The van der Waals surface area contributed by atoms with Gasteiger partial charge in [0.1, 0.15) is 0 Å². The molecule has 2 rings (SSSR count). The van der Waals surface area contributed by atoms with Crippen LogP contribution in [0.3, 0.4) is 0 Å². The number of nitrogens with zero attached hydrogens (tertiary/aromatic N) is 3. The van der Waals surface area contributed by atoms with Gasteiger partial charge >= 0.3 is 5.97 Å². The molecule has 0 unspecified atom stereocenters. The van der Waals surface area contributed by atoms with Gasteiger partial charge in [-0.2, -0.15) is 4.98 Å². The zero-order valence-electron chi connectivity index (χ0n) is 19.8. The molecule has 30 heavy (non-hydrogen) atoms. The van der Waals surface area contributed by atoms with Crippen molar-refractivity contribution in [3.8, 4) is 0 Å². The summed E-state index contributed by atoms with van der Waals surface area (Å²) in [5.74, 6) is 1.30. The largest absolute Gasteiger partial charge is 0.463 e. The van der Waals surface area contributed by atoms with Crippen LogP contribution in [0, 0.1) is 5.92 Å². The lowest BCUT2D eigenvalue weighted by Crippen LogP contribution is -2.23. The van der Waals surface area contributed by atoms with Gasteiger partial charge in [0.25, 0.3) is 0 Å². The Balaban J connectivity index is 0.00000218. The molecule has 0 N–H and O–H groups in total. The summed E-state index contributed by atoms with van der Waals surface area (Å²) in [5.41, 5.74) is 0. The van der Waals surface area contributed by atoms with E-state index in [4.69, 9.17) is 9.26 Å². The number of amides is 1. The van der Waals surface area contributed by atoms with E-state index in [1.54, 1.807) is 7.05 Å². The SMILES string of the molecule is CC.CC(=O)N(C)Cc1noc([C@H](CCCC2CCCCC2)CC(=O)OC(C)C)n1. The molecule has 1 aromatic heterocycles. The first-order chi connectivity index (χ1) is 14.3. The molecule has 1 aliphatic carbocycles. The molecule has 1 atom stereocenters. The molecule has 0 aromatic carbocycles. The number of esters is 1. The second-order valence-corrected chi connectivity index (χ2v) is 8.30. The van der Waals surface area contributed by atoms with E-state index in [0.29, 0.717) is 18.3 Å². The predicted octanol–water partition coefficient (Wildman–Crippen LogP) is 5.25. The van der Waals surface area contributed by atoms with Crippen LogP contribution in [0.1, 0.15) is 110 Å². The third-order valence-electron chi connectivity index (χ3n) is 5.42. The van der Waals surface area contributed by atoms with E-state index in [0.717, 1.165) is 18.8 Å². The van der Waals surface area contributed by atoms with E-state index in [1.165, 1.54) is 50.3 Å². The maximum absolute atomic E-state index is 12.2. The summed E-state index contributed by atoms with van der Waals surface area (Å²) in [6.45, 7) is 9.48. The van der Waals surface area contributed by atoms with E-state index in [9.17, 15) is 9.59 Å². The third-order valence-corrected chi connectivity index (χ3v) is 5.42. The van der Waals surface area contributed by atoms with Crippen LogP contribution in [0.4, 0.5) is 0 Å². The minimum Gasteiger partial charge on any atom is -0.463 e. The molecule has 1 heterocycles. The van der Waals surface area contributed by atoms with Gasteiger partial charge < -0.3 is 14.2 Å². The summed E-state index contributed by atoms with van der Waals surface area (Å²) >= 11 is 0. The van der Waals surface area contributed by atoms with Crippen molar-refractivity contribution >= 4 is 11.9 Å². The number of hydrogen-bond donors (Lipinski definition) is 0. The summed E-state index contributed by atoms with van der Waals surface area (Å²) in [4.78, 5) is 29.6. The fourth-order valence-electron chi connectivity index (χ4n) is 3.77. The molecule has 172 valence electrons. The molecule has 1 amide bonds.